The van der Waals surface area contributed by atoms with Gasteiger partial charge in [-0.3, -0.25) is 4.98 Å². The van der Waals surface area contributed by atoms with Crippen LogP contribution in [-0.4, -0.2) is 11.6 Å². The topological polar surface area (TPSA) is 43.4 Å². The van der Waals surface area contributed by atoms with Crippen molar-refractivity contribution in [3.63, 3.8) is 0 Å². The van der Waals surface area contributed by atoms with Gasteiger partial charge >= 0.3 is 0 Å². The molecule has 0 aliphatic rings. The summed E-state index contributed by atoms with van der Waals surface area (Å²) in [6.07, 6.45) is 3.61. The zero-order valence-corrected chi connectivity index (χ0v) is 16.9. The van der Waals surface area contributed by atoms with Gasteiger partial charge in [-0.05, 0) is 63.8 Å². The zero-order valence-electron chi connectivity index (χ0n) is 15.3. The summed E-state index contributed by atoms with van der Waals surface area (Å²) in [5, 5.41) is 3.45. The number of nitrogens with one attached hydrogen (secondary N) is 1. The summed E-state index contributed by atoms with van der Waals surface area (Å²) < 4.78 is 12.8. The fraction of sp³-hybridized carbons (Fsp3) is 0.227. The van der Waals surface area contributed by atoms with E-state index in [4.69, 9.17) is 9.47 Å². The minimum atomic E-state index is 0.499. The number of pyridine rings is 1. The molecule has 0 fully saturated rings. The first-order chi connectivity index (χ1) is 13.3. The summed E-state index contributed by atoms with van der Waals surface area (Å²) in [6, 6.07) is 18.2. The Morgan fingerprint density at radius 2 is 1.63 bits per heavy atom. The summed E-state index contributed by atoms with van der Waals surface area (Å²) >= 11 is 3.64. The molecule has 0 bridgehead atoms. The number of halogens is 1. The maximum absolute atomic E-state index is 6.04. The van der Waals surface area contributed by atoms with Crippen LogP contribution in [0.2, 0.25) is 0 Å². The molecule has 0 saturated carbocycles. The lowest BCUT2D eigenvalue weighted by molar-refractivity contribution is 0.267. The monoisotopic (exact) mass is 426 g/mol. The van der Waals surface area contributed by atoms with Gasteiger partial charge in [0.1, 0.15) is 6.61 Å². The van der Waals surface area contributed by atoms with Crippen molar-refractivity contribution in [3.05, 3.63) is 88.2 Å². The number of nitrogens with zero attached hydrogens (tertiary/aromatic N) is 1. The number of rotatable bonds is 9. The third-order valence-corrected chi connectivity index (χ3v) is 4.59. The van der Waals surface area contributed by atoms with Gasteiger partial charge in [0.25, 0.3) is 0 Å². The van der Waals surface area contributed by atoms with E-state index >= 15 is 0 Å². The maximum atomic E-state index is 6.04. The molecule has 0 radical (unpaired) electrons. The Bertz CT molecular complexity index is 842. The SMILES string of the molecule is CCOc1cc(CNCc2ccncc2)cc(Br)c1OCc1ccccc1. The number of aromatic nitrogens is 1. The van der Waals surface area contributed by atoms with Crippen LogP contribution in [-0.2, 0) is 19.7 Å². The van der Waals surface area contributed by atoms with Crippen LogP contribution >= 0.6 is 15.9 Å². The van der Waals surface area contributed by atoms with E-state index < -0.39 is 0 Å². The van der Waals surface area contributed by atoms with Crippen LogP contribution < -0.4 is 14.8 Å². The van der Waals surface area contributed by atoms with E-state index in [1.165, 1.54) is 5.56 Å². The molecular weight excluding hydrogens is 404 g/mol. The van der Waals surface area contributed by atoms with Gasteiger partial charge in [0.15, 0.2) is 11.5 Å². The lowest BCUT2D eigenvalue weighted by Gasteiger charge is -2.16. The number of ether oxygens (including phenoxy) is 2. The van der Waals surface area contributed by atoms with Crippen molar-refractivity contribution in [3.8, 4) is 11.5 Å². The van der Waals surface area contributed by atoms with Crippen LogP contribution in [0.25, 0.3) is 0 Å². The molecule has 0 amide bonds. The third kappa shape index (κ3) is 5.81. The smallest absolute Gasteiger partial charge is 0.175 e. The van der Waals surface area contributed by atoms with Crippen LogP contribution in [0.5, 0.6) is 11.5 Å². The zero-order chi connectivity index (χ0) is 18.9. The van der Waals surface area contributed by atoms with E-state index in [0.29, 0.717) is 13.2 Å². The molecule has 3 rings (SSSR count). The predicted octanol–water partition coefficient (Wildman–Crippen LogP) is 5.11. The molecule has 2 aromatic carbocycles. The summed E-state index contributed by atoms with van der Waals surface area (Å²) in [5.41, 5.74) is 3.46. The fourth-order valence-electron chi connectivity index (χ4n) is 2.71. The Kier molecular flexibility index (Phi) is 7.25. The van der Waals surface area contributed by atoms with E-state index in [0.717, 1.165) is 40.2 Å². The number of hydrogen-bond donors (Lipinski definition) is 1. The lowest BCUT2D eigenvalue weighted by Crippen LogP contribution is -2.13. The van der Waals surface area contributed by atoms with Crippen LogP contribution in [0, 0.1) is 0 Å². The fourth-order valence-corrected chi connectivity index (χ4v) is 3.31. The Morgan fingerprint density at radius 3 is 2.37 bits per heavy atom. The van der Waals surface area contributed by atoms with Crippen molar-refractivity contribution in [2.24, 2.45) is 0 Å². The molecular formula is C22H23BrN2O2. The van der Waals surface area contributed by atoms with Crippen molar-refractivity contribution < 1.29 is 9.47 Å². The average molecular weight is 427 g/mol. The van der Waals surface area contributed by atoms with Crippen molar-refractivity contribution in [1.29, 1.82) is 0 Å². The normalized spacial score (nSPS) is 10.6. The standard InChI is InChI=1S/C22H23BrN2O2/c1-2-26-21-13-19(15-25-14-17-8-10-24-11-9-17)12-20(23)22(21)27-16-18-6-4-3-5-7-18/h3-13,25H,2,14-16H2,1H3. The Hall–Kier alpha value is -2.37. The quantitative estimate of drug-likeness (QED) is 0.515. The van der Waals surface area contributed by atoms with Crippen LogP contribution in [0.1, 0.15) is 23.6 Å². The molecule has 0 atom stereocenters. The second-order valence-electron chi connectivity index (χ2n) is 6.07. The third-order valence-electron chi connectivity index (χ3n) is 4.00. The maximum Gasteiger partial charge on any atom is 0.175 e. The van der Waals surface area contributed by atoms with Crippen LogP contribution in [0.15, 0.2) is 71.5 Å². The van der Waals surface area contributed by atoms with Crippen molar-refractivity contribution >= 4 is 15.9 Å². The highest BCUT2D eigenvalue weighted by atomic mass is 79.9. The number of hydrogen-bond acceptors (Lipinski definition) is 4. The molecule has 1 aromatic heterocycles. The van der Waals surface area contributed by atoms with Crippen molar-refractivity contribution in [2.45, 2.75) is 26.6 Å². The molecule has 0 saturated heterocycles. The number of benzene rings is 2. The lowest BCUT2D eigenvalue weighted by atomic mass is 10.2. The molecule has 4 nitrogen and oxygen atoms in total. The van der Waals surface area contributed by atoms with Gasteiger partial charge in [-0.1, -0.05) is 30.3 Å². The molecule has 0 spiro atoms. The molecule has 1 N–H and O–H groups in total. The van der Waals surface area contributed by atoms with Gasteiger partial charge < -0.3 is 14.8 Å². The van der Waals surface area contributed by atoms with Gasteiger partial charge in [-0.25, -0.2) is 0 Å². The molecule has 0 aliphatic carbocycles. The second-order valence-corrected chi connectivity index (χ2v) is 6.93. The first kappa shape index (κ1) is 19.4. The molecule has 3 aromatic rings. The molecule has 0 aliphatic heterocycles. The molecule has 1 heterocycles. The van der Waals surface area contributed by atoms with Crippen LogP contribution in [0.3, 0.4) is 0 Å². The van der Waals surface area contributed by atoms with Crippen molar-refractivity contribution in [2.75, 3.05) is 6.61 Å². The molecule has 27 heavy (non-hydrogen) atoms. The highest BCUT2D eigenvalue weighted by Gasteiger charge is 2.12. The minimum Gasteiger partial charge on any atom is -0.490 e. The average Bonchev–Trinajstić information content (AvgIpc) is 2.69. The van der Waals surface area contributed by atoms with E-state index in [1.54, 1.807) is 12.4 Å². The minimum absolute atomic E-state index is 0.499. The van der Waals surface area contributed by atoms with Gasteiger partial charge in [0.05, 0.1) is 11.1 Å². The predicted molar refractivity (Wildman–Crippen MR) is 111 cm³/mol. The summed E-state index contributed by atoms with van der Waals surface area (Å²) in [7, 11) is 0. The van der Waals surface area contributed by atoms with E-state index in [2.05, 4.69) is 32.3 Å². The van der Waals surface area contributed by atoms with E-state index in [1.807, 2.05) is 55.5 Å². The molecule has 5 heteroatoms. The largest absolute Gasteiger partial charge is 0.490 e. The van der Waals surface area contributed by atoms with Gasteiger partial charge in [-0.15, -0.1) is 0 Å². The first-order valence-electron chi connectivity index (χ1n) is 8.98. The Labute approximate surface area is 168 Å². The van der Waals surface area contributed by atoms with Crippen molar-refractivity contribution in [1.82, 2.24) is 10.3 Å². The Balaban J connectivity index is 1.67. The van der Waals surface area contributed by atoms with Crippen LogP contribution in [0.4, 0.5) is 0 Å². The van der Waals surface area contributed by atoms with Gasteiger partial charge in [0.2, 0.25) is 0 Å². The summed E-state index contributed by atoms with van der Waals surface area (Å²) in [4.78, 5) is 4.04. The molecule has 140 valence electrons. The second kappa shape index (κ2) is 10.1. The summed E-state index contributed by atoms with van der Waals surface area (Å²) in [6.45, 7) is 4.58. The van der Waals surface area contributed by atoms with Gasteiger partial charge in [-0.2, -0.15) is 0 Å². The first-order valence-corrected chi connectivity index (χ1v) is 9.77. The van der Waals surface area contributed by atoms with E-state index in [-0.39, 0.29) is 0 Å². The highest BCUT2D eigenvalue weighted by Crippen LogP contribution is 2.37. The Morgan fingerprint density at radius 1 is 0.889 bits per heavy atom. The van der Waals surface area contributed by atoms with Gasteiger partial charge in [0, 0.05) is 25.5 Å². The summed E-state index contributed by atoms with van der Waals surface area (Å²) in [5.74, 6) is 1.49. The highest BCUT2D eigenvalue weighted by molar-refractivity contribution is 9.10. The van der Waals surface area contributed by atoms with E-state index in [9.17, 15) is 0 Å². The molecule has 0 unspecified atom stereocenters.